The number of ether oxygens (including phenoxy) is 1. The zero-order chi connectivity index (χ0) is 19.5. The van der Waals surface area contributed by atoms with Crippen LogP contribution in [0.3, 0.4) is 0 Å². The van der Waals surface area contributed by atoms with Crippen molar-refractivity contribution in [3.8, 4) is 0 Å². The minimum atomic E-state index is -3.13. The van der Waals surface area contributed by atoms with Crippen molar-refractivity contribution in [2.75, 3.05) is 52.7 Å². The van der Waals surface area contributed by atoms with Crippen molar-refractivity contribution in [1.82, 2.24) is 20.3 Å². The van der Waals surface area contributed by atoms with E-state index in [1.54, 1.807) is 7.05 Å². The van der Waals surface area contributed by atoms with Crippen LogP contribution in [0.25, 0.3) is 0 Å². The summed E-state index contributed by atoms with van der Waals surface area (Å²) in [4.78, 5) is 6.63. The molecule has 0 atom stereocenters. The molecule has 152 valence electrons. The van der Waals surface area contributed by atoms with Gasteiger partial charge in [-0.05, 0) is 17.5 Å². The van der Waals surface area contributed by atoms with E-state index in [1.807, 2.05) is 6.07 Å². The van der Waals surface area contributed by atoms with E-state index in [4.69, 9.17) is 4.74 Å². The zero-order valence-corrected chi connectivity index (χ0v) is 17.0. The summed E-state index contributed by atoms with van der Waals surface area (Å²) >= 11 is 0. The number of guanidine groups is 1. The SMILES string of the molecule is CN=C(NCCCNS(C)(=O)=O)NCc1ccccc1CN1CCOCC1. The van der Waals surface area contributed by atoms with Crippen molar-refractivity contribution >= 4 is 16.0 Å². The van der Waals surface area contributed by atoms with Crippen molar-refractivity contribution in [2.45, 2.75) is 19.5 Å². The van der Waals surface area contributed by atoms with Crippen molar-refractivity contribution in [3.63, 3.8) is 0 Å². The Kier molecular flexibility index (Phi) is 8.99. The van der Waals surface area contributed by atoms with Crippen molar-refractivity contribution in [1.29, 1.82) is 0 Å². The quantitative estimate of drug-likeness (QED) is 0.311. The van der Waals surface area contributed by atoms with Gasteiger partial charge in [0.05, 0.1) is 19.5 Å². The number of rotatable bonds is 9. The molecule has 1 saturated heterocycles. The molecule has 0 amide bonds. The predicted molar refractivity (Wildman–Crippen MR) is 108 cm³/mol. The first-order valence-corrected chi connectivity index (χ1v) is 11.1. The lowest BCUT2D eigenvalue weighted by Crippen LogP contribution is -2.39. The van der Waals surface area contributed by atoms with Crippen LogP contribution in [0.5, 0.6) is 0 Å². The molecule has 0 spiro atoms. The van der Waals surface area contributed by atoms with Gasteiger partial charge < -0.3 is 15.4 Å². The molecule has 0 aliphatic carbocycles. The summed E-state index contributed by atoms with van der Waals surface area (Å²) < 4.78 is 30.0. The molecular weight excluding hydrogens is 366 g/mol. The summed E-state index contributed by atoms with van der Waals surface area (Å²) in [5.74, 6) is 0.704. The van der Waals surface area contributed by atoms with Crippen LogP contribution < -0.4 is 15.4 Å². The minimum absolute atomic E-state index is 0.408. The molecule has 2 rings (SSSR count). The highest BCUT2D eigenvalue weighted by molar-refractivity contribution is 7.88. The first kappa shape index (κ1) is 21.6. The third kappa shape index (κ3) is 8.70. The van der Waals surface area contributed by atoms with Crippen LogP contribution in [-0.4, -0.2) is 72.0 Å². The molecule has 0 unspecified atom stereocenters. The number of hydrogen-bond acceptors (Lipinski definition) is 5. The first-order valence-electron chi connectivity index (χ1n) is 9.24. The fraction of sp³-hybridized carbons (Fsp3) is 0.611. The van der Waals surface area contributed by atoms with Gasteiger partial charge in [0, 0.05) is 46.3 Å². The third-order valence-electron chi connectivity index (χ3n) is 4.30. The van der Waals surface area contributed by atoms with Crippen LogP contribution >= 0.6 is 0 Å². The molecule has 0 saturated carbocycles. The summed E-state index contributed by atoms with van der Waals surface area (Å²) in [7, 11) is -1.40. The lowest BCUT2D eigenvalue weighted by Gasteiger charge is -2.27. The fourth-order valence-electron chi connectivity index (χ4n) is 2.84. The Morgan fingerprint density at radius 3 is 2.52 bits per heavy atom. The second-order valence-electron chi connectivity index (χ2n) is 6.53. The summed E-state index contributed by atoms with van der Waals surface area (Å²) in [6.07, 6.45) is 1.84. The van der Waals surface area contributed by atoms with E-state index in [9.17, 15) is 8.42 Å². The number of hydrogen-bond donors (Lipinski definition) is 3. The van der Waals surface area contributed by atoms with Gasteiger partial charge in [-0.15, -0.1) is 0 Å². The van der Waals surface area contributed by atoms with Gasteiger partial charge >= 0.3 is 0 Å². The molecule has 0 bridgehead atoms. The zero-order valence-electron chi connectivity index (χ0n) is 16.2. The second kappa shape index (κ2) is 11.2. The topological polar surface area (TPSA) is 95.1 Å². The van der Waals surface area contributed by atoms with Crippen LogP contribution in [0.2, 0.25) is 0 Å². The standard InChI is InChI=1S/C18H31N5O3S/c1-19-18(20-8-5-9-22-27(2,24)25)21-14-16-6-3-4-7-17(16)15-23-10-12-26-13-11-23/h3-4,6-7,22H,5,8-15H2,1-2H3,(H2,19,20,21). The maximum Gasteiger partial charge on any atom is 0.208 e. The van der Waals surface area contributed by atoms with E-state index in [2.05, 4.69) is 43.4 Å². The molecule has 1 heterocycles. The Balaban J connectivity index is 1.78. The number of aliphatic imine (C=N–C) groups is 1. The molecule has 1 aliphatic rings. The molecule has 3 N–H and O–H groups in total. The van der Waals surface area contributed by atoms with Crippen molar-refractivity contribution < 1.29 is 13.2 Å². The molecule has 1 aromatic carbocycles. The van der Waals surface area contributed by atoms with Crippen LogP contribution in [0.1, 0.15) is 17.5 Å². The largest absolute Gasteiger partial charge is 0.379 e. The van der Waals surface area contributed by atoms with E-state index in [-0.39, 0.29) is 0 Å². The number of benzene rings is 1. The highest BCUT2D eigenvalue weighted by atomic mass is 32.2. The lowest BCUT2D eigenvalue weighted by atomic mass is 10.1. The molecular formula is C18H31N5O3S. The lowest BCUT2D eigenvalue weighted by molar-refractivity contribution is 0.0341. The average Bonchev–Trinajstić information content (AvgIpc) is 2.65. The van der Waals surface area contributed by atoms with Gasteiger partial charge in [-0.25, -0.2) is 13.1 Å². The third-order valence-corrected chi connectivity index (χ3v) is 5.02. The summed E-state index contributed by atoms with van der Waals surface area (Å²) in [5, 5.41) is 6.53. The van der Waals surface area contributed by atoms with Gasteiger partial charge in [-0.2, -0.15) is 0 Å². The van der Waals surface area contributed by atoms with Gasteiger partial charge in [0.15, 0.2) is 5.96 Å². The summed E-state index contributed by atoms with van der Waals surface area (Å²) in [5.41, 5.74) is 2.55. The van der Waals surface area contributed by atoms with Gasteiger partial charge in [0.25, 0.3) is 0 Å². The van der Waals surface area contributed by atoms with Gasteiger partial charge in [0.2, 0.25) is 10.0 Å². The van der Waals surface area contributed by atoms with Crippen LogP contribution in [0.4, 0.5) is 0 Å². The first-order chi connectivity index (χ1) is 13.0. The summed E-state index contributed by atoms with van der Waals surface area (Å²) in [6, 6.07) is 8.42. The van der Waals surface area contributed by atoms with Gasteiger partial charge in [0.1, 0.15) is 0 Å². The Morgan fingerprint density at radius 2 is 1.85 bits per heavy atom. The summed E-state index contributed by atoms with van der Waals surface area (Å²) in [6.45, 7) is 6.17. The fourth-order valence-corrected chi connectivity index (χ4v) is 3.35. The average molecular weight is 398 g/mol. The minimum Gasteiger partial charge on any atom is -0.379 e. The second-order valence-corrected chi connectivity index (χ2v) is 8.36. The van der Waals surface area contributed by atoms with E-state index in [0.29, 0.717) is 32.0 Å². The maximum absolute atomic E-state index is 11.0. The Bertz CT molecular complexity index is 703. The van der Waals surface area contributed by atoms with E-state index in [1.165, 1.54) is 11.1 Å². The molecule has 1 fully saturated rings. The molecule has 9 heteroatoms. The molecule has 1 aliphatic heterocycles. The van der Waals surface area contributed by atoms with Crippen LogP contribution in [-0.2, 0) is 27.8 Å². The van der Waals surface area contributed by atoms with Gasteiger partial charge in [-0.3, -0.25) is 9.89 Å². The Hall–Kier alpha value is -1.68. The molecule has 8 nitrogen and oxygen atoms in total. The van der Waals surface area contributed by atoms with Crippen molar-refractivity contribution in [3.05, 3.63) is 35.4 Å². The Labute approximate surface area is 162 Å². The van der Waals surface area contributed by atoms with E-state index < -0.39 is 10.0 Å². The Morgan fingerprint density at radius 1 is 1.15 bits per heavy atom. The number of morpholine rings is 1. The number of nitrogens with one attached hydrogen (secondary N) is 3. The van der Waals surface area contributed by atoms with E-state index in [0.717, 1.165) is 39.1 Å². The number of sulfonamides is 1. The highest BCUT2D eigenvalue weighted by Gasteiger charge is 2.12. The normalized spacial score (nSPS) is 16.3. The molecule has 0 radical (unpaired) electrons. The smallest absolute Gasteiger partial charge is 0.208 e. The highest BCUT2D eigenvalue weighted by Crippen LogP contribution is 2.12. The molecule has 0 aromatic heterocycles. The number of nitrogens with zero attached hydrogens (tertiary/aromatic N) is 2. The predicted octanol–water partition coefficient (Wildman–Crippen LogP) is 0.123. The van der Waals surface area contributed by atoms with E-state index >= 15 is 0 Å². The monoisotopic (exact) mass is 397 g/mol. The van der Waals surface area contributed by atoms with Gasteiger partial charge in [-0.1, -0.05) is 24.3 Å². The molecule has 27 heavy (non-hydrogen) atoms. The maximum atomic E-state index is 11.0. The van der Waals surface area contributed by atoms with Crippen molar-refractivity contribution in [2.24, 2.45) is 4.99 Å². The van der Waals surface area contributed by atoms with Crippen LogP contribution in [0, 0.1) is 0 Å². The molecule has 1 aromatic rings. The van der Waals surface area contributed by atoms with Crippen LogP contribution in [0.15, 0.2) is 29.3 Å².